The number of carbonyl (C=O) groups excluding carboxylic acids is 1. The van der Waals surface area contributed by atoms with Crippen molar-refractivity contribution in [1.82, 2.24) is 4.98 Å². The van der Waals surface area contributed by atoms with Crippen LogP contribution in [0.5, 0.6) is 11.5 Å². The van der Waals surface area contributed by atoms with Gasteiger partial charge in [0.05, 0.1) is 18.0 Å². The third kappa shape index (κ3) is 3.60. The summed E-state index contributed by atoms with van der Waals surface area (Å²) in [4.78, 5) is 18.1. The Labute approximate surface area is 168 Å². The first-order valence-corrected chi connectivity index (χ1v) is 10.2. The Balaban J connectivity index is 1.62. The molecule has 0 bridgehead atoms. The first-order chi connectivity index (χ1) is 13.5. The van der Waals surface area contributed by atoms with Crippen LogP contribution in [0.2, 0.25) is 0 Å². The van der Waals surface area contributed by atoms with Gasteiger partial charge in [-0.2, -0.15) is 0 Å². The summed E-state index contributed by atoms with van der Waals surface area (Å²) in [6, 6.07) is 13.7. The van der Waals surface area contributed by atoms with E-state index in [0.29, 0.717) is 28.6 Å². The lowest BCUT2D eigenvalue weighted by atomic mass is 10.1. The minimum Gasteiger partial charge on any atom is -0.492 e. The van der Waals surface area contributed by atoms with E-state index < -0.39 is 0 Å². The molecule has 0 spiro atoms. The van der Waals surface area contributed by atoms with E-state index in [1.54, 1.807) is 0 Å². The lowest BCUT2D eigenvalue weighted by Gasteiger charge is -2.13. The first kappa shape index (κ1) is 18.5. The molecule has 1 aliphatic heterocycles. The molecular formula is C22H22N2O3S. The van der Waals surface area contributed by atoms with Gasteiger partial charge < -0.3 is 14.8 Å². The van der Waals surface area contributed by atoms with E-state index in [9.17, 15) is 4.79 Å². The van der Waals surface area contributed by atoms with Crippen LogP contribution in [0.25, 0.3) is 10.6 Å². The van der Waals surface area contributed by atoms with Crippen molar-refractivity contribution in [3.63, 3.8) is 0 Å². The summed E-state index contributed by atoms with van der Waals surface area (Å²) in [5, 5.41) is 3.82. The monoisotopic (exact) mass is 394 g/mol. The van der Waals surface area contributed by atoms with Gasteiger partial charge in [-0.25, -0.2) is 4.98 Å². The Bertz CT molecular complexity index is 1010. The summed E-state index contributed by atoms with van der Waals surface area (Å²) in [7, 11) is 0. The van der Waals surface area contributed by atoms with Gasteiger partial charge in [0.1, 0.15) is 27.5 Å². The van der Waals surface area contributed by atoms with Crippen LogP contribution in [0, 0.1) is 6.92 Å². The van der Waals surface area contributed by atoms with Gasteiger partial charge in [0.25, 0.3) is 5.91 Å². The van der Waals surface area contributed by atoms with Crippen molar-refractivity contribution < 1.29 is 14.3 Å². The summed E-state index contributed by atoms with van der Waals surface area (Å²) in [6.45, 7) is 6.34. The van der Waals surface area contributed by atoms with E-state index >= 15 is 0 Å². The highest BCUT2D eigenvalue weighted by molar-refractivity contribution is 7.17. The van der Waals surface area contributed by atoms with Crippen molar-refractivity contribution in [2.45, 2.75) is 33.3 Å². The summed E-state index contributed by atoms with van der Waals surface area (Å²) < 4.78 is 11.6. The molecule has 0 saturated carbocycles. The van der Waals surface area contributed by atoms with Gasteiger partial charge in [0.15, 0.2) is 0 Å². The van der Waals surface area contributed by atoms with Gasteiger partial charge in [-0.1, -0.05) is 30.3 Å². The van der Waals surface area contributed by atoms with Crippen LogP contribution in [0.15, 0.2) is 42.5 Å². The maximum absolute atomic E-state index is 13.0. The molecule has 4 rings (SSSR count). The van der Waals surface area contributed by atoms with Crippen LogP contribution in [-0.4, -0.2) is 23.6 Å². The first-order valence-electron chi connectivity index (χ1n) is 9.35. The van der Waals surface area contributed by atoms with Gasteiger partial charge in [0.2, 0.25) is 0 Å². The predicted octanol–water partition coefficient (Wildman–Crippen LogP) is 5.09. The Morgan fingerprint density at radius 2 is 2.11 bits per heavy atom. The van der Waals surface area contributed by atoms with Gasteiger partial charge in [-0.05, 0) is 26.8 Å². The second-order valence-corrected chi connectivity index (χ2v) is 7.77. The number of ether oxygens (including phenoxy) is 2. The summed E-state index contributed by atoms with van der Waals surface area (Å²) in [6.07, 6.45) is 0.977. The number of anilines is 1. The van der Waals surface area contributed by atoms with Crippen molar-refractivity contribution >= 4 is 22.9 Å². The zero-order valence-corrected chi connectivity index (χ0v) is 16.9. The highest BCUT2D eigenvalue weighted by atomic mass is 32.1. The molecule has 1 aliphatic rings. The molecule has 2 heterocycles. The summed E-state index contributed by atoms with van der Waals surface area (Å²) in [5.41, 5.74) is 3.44. The molecule has 0 aliphatic carbocycles. The normalized spacial score (nSPS) is 15.0. The van der Waals surface area contributed by atoms with E-state index in [2.05, 4.69) is 10.3 Å². The molecule has 144 valence electrons. The molecular weight excluding hydrogens is 372 g/mol. The molecule has 0 unspecified atom stereocenters. The molecule has 0 saturated heterocycles. The smallest absolute Gasteiger partial charge is 0.267 e. The molecule has 1 aromatic heterocycles. The summed E-state index contributed by atoms with van der Waals surface area (Å²) >= 11 is 1.39. The van der Waals surface area contributed by atoms with Gasteiger partial charge in [-0.15, -0.1) is 11.3 Å². The molecule has 1 amide bonds. The van der Waals surface area contributed by atoms with Crippen molar-refractivity contribution in [3.8, 4) is 22.1 Å². The number of aromatic nitrogens is 1. The van der Waals surface area contributed by atoms with Crippen molar-refractivity contribution in [1.29, 1.82) is 0 Å². The number of carbonyl (C=O) groups is 1. The van der Waals surface area contributed by atoms with Crippen molar-refractivity contribution in [2.24, 2.45) is 0 Å². The standard InChI is InChI=1S/C22H22N2O3S/c1-4-26-19-11-16-10-13(2)27-18(16)12-17(19)24-21(25)20-14(3)23-22(28-20)15-8-6-5-7-9-15/h5-9,11-13H,4,10H2,1-3H3,(H,24,25)/t13-/m1/s1. The minimum atomic E-state index is -0.191. The lowest BCUT2D eigenvalue weighted by Crippen LogP contribution is -2.13. The van der Waals surface area contributed by atoms with E-state index in [0.717, 1.165) is 28.3 Å². The SMILES string of the molecule is CCOc1cc2c(cc1NC(=O)c1sc(-c3ccccc3)nc1C)O[C@H](C)C2. The third-order valence-electron chi connectivity index (χ3n) is 4.57. The number of nitrogens with zero attached hydrogens (tertiary/aromatic N) is 1. The maximum atomic E-state index is 13.0. The summed E-state index contributed by atoms with van der Waals surface area (Å²) in [5.74, 6) is 1.28. The van der Waals surface area contributed by atoms with E-state index in [4.69, 9.17) is 9.47 Å². The number of thiazole rings is 1. The van der Waals surface area contributed by atoms with Crippen LogP contribution in [0.1, 0.15) is 34.8 Å². The van der Waals surface area contributed by atoms with Crippen molar-refractivity contribution in [2.75, 3.05) is 11.9 Å². The molecule has 5 nitrogen and oxygen atoms in total. The van der Waals surface area contributed by atoms with E-state index in [-0.39, 0.29) is 12.0 Å². The fraction of sp³-hybridized carbons (Fsp3) is 0.273. The predicted molar refractivity (Wildman–Crippen MR) is 112 cm³/mol. The zero-order valence-electron chi connectivity index (χ0n) is 16.1. The molecule has 28 heavy (non-hydrogen) atoms. The van der Waals surface area contributed by atoms with Crippen molar-refractivity contribution in [3.05, 3.63) is 58.6 Å². The molecule has 1 N–H and O–H groups in total. The third-order valence-corrected chi connectivity index (χ3v) is 5.78. The Morgan fingerprint density at radius 1 is 1.32 bits per heavy atom. The minimum absolute atomic E-state index is 0.132. The number of rotatable bonds is 5. The van der Waals surface area contributed by atoms with Crippen LogP contribution in [0.3, 0.4) is 0 Å². The van der Waals surface area contributed by atoms with Gasteiger partial charge in [-0.3, -0.25) is 4.79 Å². The molecule has 6 heteroatoms. The molecule has 0 radical (unpaired) electrons. The molecule has 3 aromatic rings. The fourth-order valence-corrected chi connectivity index (χ4v) is 4.27. The van der Waals surface area contributed by atoms with Gasteiger partial charge >= 0.3 is 0 Å². The number of amides is 1. The maximum Gasteiger partial charge on any atom is 0.267 e. The Kier molecular flexibility index (Phi) is 5.05. The highest BCUT2D eigenvalue weighted by Gasteiger charge is 2.24. The second-order valence-electron chi connectivity index (χ2n) is 6.78. The quantitative estimate of drug-likeness (QED) is 0.655. The van der Waals surface area contributed by atoms with E-state index in [1.165, 1.54) is 11.3 Å². The van der Waals surface area contributed by atoms with Crippen LogP contribution < -0.4 is 14.8 Å². The molecule has 1 atom stereocenters. The zero-order chi connectivity index (χ0) is 19.7. The van der Waals surface area contributed by atoms with Crippen LogP contribution in [0.4, 0.5) is 5.69 Å². The number of hydrogen-bond donors (Lipinski definition) is 1. The number of nitrogens with one attached hydrogen (secondary N) is 1. The Hall–Kier alpha value is -2.86. The lowest BCUT2D eigenvalue weighted by molar-refractivity contribution is 0.102. The second kappa shape index (κ2) is 7.64. The largest absolute Gasteiger partial charge is 0.492 e. The highest BCUT2D eigenvalue weighted by Crippen LogP contribution is 2.38. The van der Waals surface area contributed by atoms with Gasteiger partial charge in [0, 0.05) is 23.6 Å². The molecule has 0 fully saturated rings. The number of benzene rings is 2. The fourth-order valence-electron chi connectivity index (χ4n) is 3.30. The number of fused-ring (bicyclic) bond motifs is 1. The number of aryl methyl sites for hydroxylation is 1. The van der Waals surface area contributed by atoms with E-state index in [1.807, 2.05) is 63.2 Å². The van der Waals surface area contributed by atoms with Crippen LogP contribution >= 0.6 is 11.3 Å². The average molecular weight is 394 g/mol. The topological polar surface area (TPSA) is 60.5 Å². The molecule has 2 aromatic carbocycles. The number of hydrogen-bond acceptors (Lipinski definition) is 5. The average Bonchev–Trinajstić information content (AvgIpc) is 3.24. The van der Waals surface area contributed by atoms with Crippen LogP contribution in [-0.2, 0) is 6.42 Å². The Morgan fingerprint density at radius 3 is 2.86 bits per heavy atom.